The first-order valence-corrected chi connectivity index (χ1v) is 13.1. The van der Waals surface area contributed by atoms with Crippen molar-refractivity contribution in [1.29, 1.82) is 0 Å². The molecule has 10 nitrogen and oxygen atoms in total. The molecule has 1 aliphatic rings. The number of carbonyl (C=O) groups is 3. The lowest BCUT2D eigenvalue weighted by Crippen LogP contribution is -2.65. The van der Waals surface area contributed by atoms with Crippen LogP contribution in [0.2, 0.25) is 0 Å². The molecule has 0 bridgehead atoms. The molecule has 1 aromatic heterocycles. The lowest BCUT2D eigenvalue weighted by molar-refractivity contribution is -0.373. The molecule has 40 heavy (non-hydrogen) atoms. The second kappa shape index (κ2) is 12.1. The molecule has 2 heterocycles. The zero-order chi connectivity index (χ0) is 30.0. The normalized spacial score (nSPS) is 18.1. The summed E-state index contributed by atoms with van der Waals surface area (Å²) in [5.41, 5.74) is 1.50. The van der Waals surface area contributed by atoms with Gasteiger partial charge in [0, 0.05) is 0 Å². The minimum Gasteiger partial charge on any atom is -0.357 e. The molecule has 3 rings (SSSR count). The highest BCUT2D eigenvalue weighted by Gasteiger charge is 2.61. The smallest absolute Gasteiger partial charge is 0.357 e. The van der Waals surface area contributed by atoms with E-state index in [4.69, 9.17) is 0 Å². The maximum atomic E-state index is 13.5. The first kappa shape index (κ1) is 31.2. The monoisotopic (exact) mass is 567 g/mol. The van der Waals surface area contributed by atoms with Crippen molar-refractivity contribution < 1.29 is 37.8 Å². The van der Waals surface area contributed by atoms with E-state index in [1.807, 2.05) is 30.3 Å². The van der Waals surface area contributed by atoms with Crippen molar-refractivity contribution in [3.63, 3.8) is 0 Å². The molecule has 0 aliphatic carbocycles. The van der Waals surface area contributed by atoms with Crippen LogP contribution in [0.4, 0.5) is 13.2 Å². The van der Waals surface area contributed by atoms with Crippen molar-refractivity contribution in [2.75, 3.05) is 6.54 Å². The van der Waals surface area contributed by atoms with Crippen LogP contribution in [0, 0.1) is 18.8 Å². The highest BCUT2D eigenvalue weighted by molar-refractivity contribution is 6.03. The van der Waals surface area contributed by atoms with E-state index in [0.717, 1.165) is 10.6 Å². The first-order chi connectivity index (χ1) is 18.6. The number of para-hydroxylation sites is 1. The minimum atomic E-state index is -5.36. The summed E-state index contributed by atoms with van der Waals surface area (Å²) in [6.07, 6.45) is -3.55. The molecule has 1 aromatic carbocycles. The number of aromatic nitrogens is 2. The van der Waals surface area contributed by atoms with Gasteiger partial charge >= 0.3 is 6.18 Å². The molecule has 220 valence electrons. The fourth-order valence-corrected chi connectivity index (χ4v) is 5.15. The van der Waals surface area contributed by atoms with E-state index in [1.54, 1.807) is 25.5 Å². The molecule has 1 fully saturated rings. The Balaban J connectivity index is 1.75. The number of carbonyl (C=O) groups excluding carboxylic acids is 3. The zero-order valence-corrected chi connectivity index (χ0v) is 23.1. The van der Waals surface area contributed by atoms with Gasteiger partial charge in [0.2, 0.25) is 11.8 Å². The van der Waals surface area contributed by atoms with Crippen LogP contribution >= 0.6 is 0 Å². The average molecular weight is 568 g/mol. The van der Waals surface area contributed by atoms with Gasteiger partial charge in [-0.2, -0.15) is 18.3 Å². The van der Waals surface area contributed by atoms with Crippen LogP contribution in [0.25, 0.3) is 5.69 Å². The number of hydrogen-bond donors (Lipinski definition) is 4. The topological polar surface area (TPSA) is 137 Å². The Kier molecular flexibility index (Phi) is 9.42. The van der Waals surface area contributed by atoms with Crippen molar-refractivity contribution in [2.24, 2.45) is 11.8 Å². The van der Waals surface area contributed by atoms with E-state index in [9.17, 15) is 37.8 Å². The van der Waals surface area contributed by atoms with Gasteiger partial charge in [-0.15, -0.1) is 0 Å². The third-order valence-electron chi connectivity index (χ3n) is 7.15. The van der Waals surface area contributed by atoms with Gasteiger partial charge in [-0.05, 0) is 50.3 Å². The number of alkyl halides is 3. The maximum absolute atomic E-state index is 13.5. The summed E-state index contributed by atoms with van der Waals surface area (Å²) in [5.74, 6) is -7.69. The van der Waals surface area contributed by atoms with Crippen molar-refractivity contribution in [3.8, 4) is 5.69 Å². The molecule has 13 heteroatoms. The molecular weight excluding hydrogens is 531 g/mol. The molecule has 3 amide bonds. The van der Waals surface area contributed by atoms with Crippen LogP contribution < -0.4 is 10.6 Å². The van der Waals surface area contributed by atoms with Gasteiger partial charge < -0.3 is 15.5 Å². The molecule has 1 aliphatic heterocycles. The van der Waals surface area contributed by atoms with Crippen LogP contribution in [0.15, 0.2) is 36.5 Å². The van der Waals surface area contributed by atoms with Crippen molar-refractivity contribution >= 4 is 17.7 Å². The van der Waals surface area contributed by atoms with Crippen LogP contribution in [0.1, 0.15) is 56.6 Å². The number of rotatable bonds is 9. The summed E-state index contributed by atoms with van der Waals surface area (Å²) in [5, 5.41) is 29.2. The number of nitrogens with one attached hydrogen (secondary N) is 2. The van der Waals surface area contributed by atoms with Crippen LogP contribution in [-0.4, -0.2) is 79.2 Å². The number of imide groups is 1. The number of likely N-dealkylation sites (tertiary alicyclic amines) is 1. The van der Waals surface area contributed by atoms with E-state index in [1.165, 1.54) is 20.0 Å². The Morgan fingerprint density at radius 2 is 1.68 bits per heavy atom. The van der Waals surface area contributed by atoms with Gasteiger partial charge in [-0.1, -0.05) is 45.9 Å². The van der Waals surface area contributed by atoms with E-state index in [0.29, 0.717) is 12.1 Å². The molecule has 2 aromatic rings. The van der Waals surface area contributed by atoms with Crippen LogP contribution in [-0.2, 0) is 9.59 Å². The van der Waals surface area contributed by atoms with E-state index in [2.05, 4.69) is 15.7 Å². The fourth-order valence-electron chi connectivity index (χ4n) is 5.15. The van der Waals surface area contributed by atoms with E-state index in [-0.39, 0.29) is 18.5 Å². The van der Waals surface area contributed by atoms with Crippen molar-refractivity contribution in [3.05, 3.63) is 47.8 Å². The van der Waals surface area contributed by atoms with Crippen LogP contribution in [0.5, 0.6) is 0 Å². The standard InChI is InChI=1S/C27H36F3N5O5/c1-15(2)21(32-23(36)19-14-31-35(17(19)5)18-10-7-6-8-11-18)25(38)33-24(37)20-12-9-13-34(20)22(16(3)4)26(39,40)27(28,29)30/h6-8,10-11,14-16,20-22,39-40H,9,12-13H2,1-5H3,(H,32,36)(H,33,37,38)/t20-,21-,22-/m0/s1. The summed E-state index contributed by atoms with van der Waals surface area (Å²) in [6, 6.07) is 4.95. The zero-order valence-electron chi connectivity index (χ0n) is 23.1. The summed E-state index contributed by atoms with van der Waals surface area (Å²) >= 11 is 0. The summed E-state index contributed by atoms with van der Waals surface area (Å²) < 4.78 is 42.0. The lowest BCUT2D eigenvalue weighted by atomic mass is 9.92. The lowest BCUT2D eigenvalue weighted by Gasteiger charge is -2.42. The molecule has 0 radical (unpaired) electrons. The second-order valence-corrected chi connectivity index (χ2v) is 10.7. The van der Waals surface area contributed by atoms with Gasteiger partial charge in [0.25, 0.3) is 11.7 Å². The predicted octanol–water partition coefficient (Wildman–Crippen LogP) is 2.31. The maximum Gasteiger partial charge on any atom is 0.444 e. The number of benzene rings is 1. The molecule has 4 N–H and O–H groups in total. The number of aliphatic hydroxyl groups is 2. The third kappa shape index (κ3) is 6.37. The molecule has 0 unspecified atom stereocenters. The Morgan fingerprint density at radius 3 is 2.23 bits per heavy atom. The van der Waals surface area contributed by atoms with Gasteiger partial charge in [-0.25, -0.2) is 4.68 Å². The molecule has 0 saturated carbocycles. The number of halogens is 3. The molecule has 1 saturated heterocycles. The van der Waals surface area contributed by atoms with Gasteiger partial charge in [0.1, 0.15) is 6.04 Å². The summed E-state index contributed by atoms with van der Waals surface area (Å²) in [4.78, 5) is 40.4. The van der Waals surface area contributed by atoms with Gasteiger partial charge in [0.05, 0.1) is 35.2 Å². The number of amides is 3. The highest BCUT2D eigenvalue weighted by atomic mass is 19.4. The molecule has 3 atom stereocenters. The van der Waals surface area contributed by atoms with Gasteiger partial charge in [0.15, 0.2) is 0 Å². The SMILES string of the molecule is Cc1c(C(=O)N[C@H](C(=O)NC(=O)[C@@H]2CCCN2[C@@H](C(C)C)C(O)(O)C(F)(F)F)C(C)C)cnn1-c1ccccc1. The Bertz CT molecular complexity index is 1210. The minimum absolute atomic E-state index is 0.00307. The summed E-state index contributed by atoms with van der Waals surface area (Å²) in [6.45, 7) is 7.82. The number of hydrogen-bond acceptors (Lipinski definition) is 7. The third-order valence-corrected chi connectivity index (χ3v) is 7.15. The summed E-state index contributed by atoms with van der Waals surface area (Å²) in [7, 11) is 0. The van der Waals surface area contributed by atoms with Crippen molar-refractivity contribution in [1.82, 2.24) is 25.3 Å². The van der Waals surface area contributed by atoms with Crippen LogP contribution in [0.3, 0.4) is 0 Å². The highest BCUT2D eigenvalue weighted by Crippen LogP contribution is 2.39. The van der Waals surface area contributed by atoms with Gasteiger partial charge in [-0.3, -0.25) is 24.6 Å². The quantitative estimate of drug-likeness (QED) is 0.342. The second-order valence-electron chi connectivity index (χ2n) is 10.7. The first-order valence-electron chi connectivity index (χ1n) is 13.1. The molecular formula is C27H36F3N5O5. The van der Waals surface area contributed by atoms with E-state index < -0.39 is 59.6 Å². The Labute approximate surface area is 230 Å². The Hall–Kier alpha value is -3.29. The molecule has 0 spiro atoms. The number of nitrogens with zero attached hydrogens (tertiary/aromatic N) is 3. The predicted molar refractivity (Wildman–Crippen MR) is 139 cm³/mol. The van der Waals surface area contributed by atoms with E-state index >= 15 is 0 Å². The Morgan fingerprint density at radius 1 is 1.05 bits per heavy atom. The largest absolute Gasteiger partial charge is 0.444 e. The average Bonchev–Trinajstić information content (AvgIpc) is 3.48. The van der Waals surface area contributed by atoms with Crippen molar-refractivity contribution in [2.45, 2.75) is 77.5 Å². The fraction of sp³-hybridized carbons (Fsp3) is 0.556.